The molecule has 0 aliphatic heterocycles. The van der Waals surface area contributed by atoms with E-state index in [-0.39, 0.29) is 6.61 Å². The highest BCUT2D eigenvalue weighted by Gasteiger charge is 2.17. The first kappa shape index (κ1) is 17.1. The fourth-order valence-corrected chi connectivity index (χ4v) is 2.64. The Morgan fingerprint density at radius 2 is 1.81 bits per heavy atom. The zero-order valence-corrected chi connectivity index (χ0v) is 14.4. The molecule has 0 radical (unpaired) electrons. The Morgan fingerprint density at radius 1 is 1.04 bits per heavy atom. The van der Waals surface area contributed by atoms with Crippen molar-refractivity contribution in [3.8, 4) is 29.3 Å². The molecule has 0 unspecified atom stereocenters. The second kappa shape index (κ2) is 7.42. The van der Waals surface area contributed by atoms with Crippen LogP contribution in [0.3, 0.4) is 0 Å². The number of hydrogen-bond donors (Lipinski definition) is 0. The molecular formula is C20H16N4O2. The van der Waals surface area contributed by atoms with E-state index in [9.17, 15) is 5.26 Å². The highest BCUT2D eigenvalue weighted by Crippen LogP contribution is 2.29. The fraction of sp³-hybridized carbons (Fsp3) is 0.150. The number of nitriles is 2. The number of nitrogens with zero attached hydrogens (tertiary/aromatic N) is 4. The molecule has 0 N–H and O–H groups in total. The van der Waals surface area contributed by atoms with Crippen molar-refractivity contribution in [1.29, 1.82) is 10.5 Å². The van der Waals surface area contributed by atoms with Gasteiger partial charge in [-0.05, 0) is 31.2 Å². The maximum atomic E-state index is 9.51. The highest BCUT2D eigenvalue weighted by molar-refractivity contribution is 5.47. The third-order valence-electron chi connectivity index (χ3n) is 3.93. The Balaban J connectivity index is 1.96. The summed E-state index contributed by atoms with van der Waals surface area (Å²) in [5.74, 6) is 0.957. The first-order chi connectivity index (χ1) is 12.7. The molecule has 0 spiro atoms. The van der Waals surface area contributed by atoms with Gasteiger partial charge in [0, 0.05) is 6.07 Å². The number of benzene rings is 2. The molecule has 6 heteroatoms. The van der Waals surface area contributed by atoms with Crippen molar-refractivity contribution in [3.05, 3.63) is 71.0 Å². The highest BCUT2D eigenvalue weighted by atomic mass is 16.5. The minimum Gasteiger partial charge on any atom is -0.493 e. The molecular weight excluding hydrogens is 328 g/mol. The lowest BCUT2D eigenvalue weighted by Crippen LogP contribution is -2.07. The molecule has 2 aromatic carbocycles. The SMILES string of the molecule is COc1cc(C#N)ccc1OCc1c(C#N)c(C)nn1-c1ccccc1. The van der Waals surface area contributed by atoms with E-state index in [4.69, 9.17) is 14.7 Å². The molecule has 0 amide bonds. The number of para-hydroxylation sites is 1. The molecule has 3 rings (SSSR count). The topological polar surface area (TPSA) is 83.9 Å². The number of rotatable bonds is 5. The standard InChI is InChI=1S/C20H16N4O2/c1-14-17(12-22)18(24(23-14)16-6-4-3-5-7-16)13-26-19-9-8-15(11-21)10-20(19)25-2/h3-10H,13H2,1-2H3. The van der Waals surface area contributed by atoms with Gasteiger partial charge in [-0.15, -0.1) is 0 Å². The van der Waals surface area contributed by atoms with Gasteiger partial charge in [-0.1, -0.05) is 18.2 Å². The number of ether oxygens (including phenoxy) is 2. The van der Waals surface area contributed by atoms with Crippen LogP contribution in [0, 0.1) is 29.6 Å². The van der Waals surface area contributed by atoms with E-state index in [1.807, 2.05) is 30.3 Å². The van der Waals surface area contributed by atoms with Crippen molar-refractivity contribution in [2.45, 2.75) is 13.5 Å². The Kier molecular flexibility index (Phi) is 4.87. The van der Waals surface area contributed by atoms with Crippen LogP contribution in [0.25, 0.3) is 5.69 Å². The van der Waals surface area contributed by atoms with Crippen LogP contribution in [0.15, 0.2) is 48.5 Å². The molecule has 26 heavy (non-hydrogen) atoms. The molecule has 0 aliphatic carbocycles. The Hall–Kier alpha value is -3.77. The lowest BCUT2D eigenvalue weighted by Gasteiger charge is -2.12. The number of aromatic nitrogens is 2. The maximum Gasteiger partial charge on any atom is 0.162 e. The van der Waals surface area contributed by atoms with Gasteiger partial charge in [0.15, 0.2) is 11.5 Å². The molecule has 0 saturated heterocycles. The van der Waals surface area contributed by atoms with Crippen LogP contribution in [0.2, 0.25) is 0 Å². The average molecular weight is 344 g/mol. The van der Waals surface area contributed by atoms with E-state index < -0.39 is 0 Å². The summed E-state index contributed by atoms with van der Waals surface area (Å²) in [6.45, 7) is 1.94. The molecule has 3 aromatic rings. The van der Waals surface area contributed by atoms with Crippen molar-refractivity contribution in [3.63, 3.8) is 0 Å². The monoisotopic (exact) mass is 344 g/mol. The zero-order chi connectivity index (χ0) is 18.5. The second-order valence-corrected chi connectivity index (χ2v) is 5.53. The summed E-state index contributed by atoms with van der Waals surface area (Å²) >= 11 is 0. The van der Waals surface area contributed by atoms with Crippen molar-refractivity contribution in [1.82, 2.24) is 9.78 Å². The molecule has 1 heterocycles. The quantitative estimate of drug-likeness (QED) is 0.707. The Labute approximate surface area is 151 Å². The first-order valence-electron chi connectivity index (χ1n) is 7.93. The summed E-state index contributed by atoms with van der Waals surface area (Å²) in [6.07, 6.45) is 0. The van der Waals surface area contributed by atoms with Crippen molar-refractivity contribution in [2.75, 3.05) is 7.11 Å². The first-order valence-corrected chi connectivity index (χ1v) is 7.93. The smallest absolute Gasteiger partial charge is 0.162 e. The van der Waals surface area contributed by atoms with Gasteiger partial charge in [0.1, 0.15) is 18.2 Å². The van der Waals surface area contributed by atoms with Crippen LogP contribution in [0.4, 0.5) is 0 Å². The van der Waals surface area contributed by atoms with Crippen LogP contribution in [0.5, 0.6) is 11.5 Å². The summed E-state index contributed by atoms with van der Waals surface area (Å²) in [7, 11) is 1.52. The van der Waals surface area contributed by atoms with Gasteiger partial charge < -0.3 is 9.47 Å². The summed E-state index contributed by atoms with van der Waals surface area (Å²) < 4.78 is 12.9. The van der Waals surface area contributed by atoms with Gasteiger partial charge in [-0.3, -0.25) is 0 Å². The van der Waals surface area contributed by atoms with E-state index in [1.54, 1.807) is 29.8 Å². The van der Waals surface area contributed by atoms with E-state index in [0.29, 0.717) is 34.0 Å². The molecule has 0 fully saturated rings. The van der Waals surface area contributed by atoms with Crippen molar-refractivity contribution >= 4 is 0 Å². The number of aryl methyl sites for hydroxylation is 1. The summed E-state index contributed by atoms with van der Waals surface area (Å²) in [5.41, 5.74) is 3.12. The predicted octanol–water partition coefficient (Wildman–Crippen LogP) is 3.51. The summed E-state index contributed by atoms with van der Waals surface area (Å²) in [5, 5.41) is 23.0. The van der Waals surface area contributed by atoms with Gasteiger partial charge in [0.2, 0.25) is 0 Å². The van der Waals surface area contributed by atoms with Crippen molar-refractivity contribution < 1.29 is 9.47 Å². The van der Waals surface area contributed by atoms with E-state index in [0.717, 1.165) is 5.69 Å². The average Bonchev–Trinajstić information content (AvgIpc) is 3.02. The fourth-order valence-electron chi connectivity index (χ4n) is 2.64. The third kappa shape index (κ3) is 3.22. The minimum absolute atomic E-state index is 0.140. The van der Waals surface area contributed by atoms with Crippen LogP contribution in [-0.2, 0) is 6.61 Å². The largest absolute Gasteiger partial charge is 0.493 e. The third-order valence-corrected chi connectivity index (χ3v) is 3.93. The lowest BCUT2D eigenvalue weighted by atomic mass is 10.2. The molecule has 0 aliphatic rings. The van der Waals surface area contributed by atoms with E-state index in [2.05, 4.69) is 17.2 Å². The second-order valence-electron chi connectivity index (χ2n) is 5.53. The Morgan fingerprint density at radius 3 is 2.46 bits per heavy atom. The maximum absolute atomic E-state index is 9.51. The summed E-state index contributed by atoms with van der Waals surface area (Å²) in [6, 6.07) is 18.8. The van der Waals surface area contributed by atoms with Crippen LogP contribution < -0.4 is 9.47 Å². The zero-order valence-electron chi connectivity index (χ0n) is 14.4. The van der Waals surface area contributed by atoms with Gasteiger partial charge >= 0.3 is 0 Å². The molecule has 0 saturated carbocycles. The van der Waals surface area contributed by atoms with Gasteiger partial charge in [0.25, 0.3) is 0 Å². The van der Waals surface area contributed by atoms with Crippen LogP contribution >= 0.6 is 0 Å². The Bertz CT molecular complexity index is 1010. The van der Waals surface area contributed by atoms with Gasteiger partial charge in [-0.2, -0.15) is 15.6 Å². The van der Waals surface area contributed by atoms with Gasteiger partial charge in [-0.25, -0.2) is 4.68 Å². The number of hydrogen-bond acceptors (Lipinski definition) is 5. The molecule has 128 valence electrons. The van der Waals surface area contributed by atoms with Crippen LogP contribution in [0.1, 0.15) is 22.5 Å². The molecule has 6 nitrogen and oxygen atoms in total. The molecule has 1 aromatic heterocycles. The summed E-state index contributed by atoms with van der Waals surface area (Å²) in [4.78, 5) is 0. The minimum atomic E-state index is 0.140. The predicted molar refractivity (Wildman–Crippen MR) is 95.1 cm³/mol. The normalized spacial score (nSPS) is 10.0. The van der Waals surface area contributed by atoms with E-state index >= 15 is 0 Å². The van der Waals surface area contributed by atoms with E-state index in [1.165, 1.54) is 7.11 Å². The van der Waals surface area contributed by atoms with Crippen molar-refractivity contribution in [2.24, 2.45) is 0 Å². The van der Waals surface area contributed by atoms with Gasteiger partial charge in [0.05, 0.1) is 35.8 Å². The lowest BCUT2D eigenvalue weighted by molar-refractivity contribution is 0.277. The molecule has 0 bridgehead atoms. The number of methoxy groups -OCH3 is 1. The molecule has 0 atom stereocenters. The van der Waals surface area contributed by atoms with Crippen LogP contribution in [-0.4, -0.2) is 16.9 Å².